The van der Waals surface area contributed by atoms with Gasteiger partial charge in [0.05, 0.1) is 23.7 Å². The molecular weight excluding hydrogens is 279 g/mol. The Kier molecular flexibility index (Phi) is 3.42. The Morgan fingerprint density at radius 1 is 1.14 bits per heavy atom. The maximum Gasteiger partial charge on any atom is 0.494 e. The first-order valence-electron chi connectivity index (χ1n) is 7.76. The Morgan fingerprint density at radius 3 is 2.23 bits per heavy atom. The number of benzene rings is 1. The highest BCUT2D eigenvalue weighted by Crippen LogP contribution is 2.49. The van der Waals surface area contributed by atoms with E-state index >= 15 is 0 Å². The molecule has 2 fully saturated rings. The van der Waals surface area contributed by atoms with Crippen LogP contribution in [0.5, 0.6) is 0 Å². The monoisotopic (exact) mass is 302 g/mol. The van der Waals surface area contributed by atoms with Crippen molar-refractivity contribution >= 4 is 18.6 Å². The SMILES string of the molecule is COC(=O)C1(c2cccc(B3OC(C)(C)C(C)(C)O3)c2)CC1. The van der Waals surface area contributed by atoms with Gasteiger partial charge in [0.1, 0.15) is 0 Å². The van der Waals surface area contributed by atoms with E-state index in [-0.39, 0.29) is 17.2 Å². The molecule has 1 aliphatic heterocycles. The van der Waals surface area contributed by atoms with Gasteiger partial charge >= 0.3 is 13.1 Å². The first kappa shape index (κ1) is 15.6. The van der Waals surface area contributed by atoms with Crippen molar-refractivity contribution in [2.45, 2.75) is 57.2 Å². The summed E-state index contributed by atoms with van der Waals surface area (Å²) in [6, 6.07) is 7.95. The molecule has 0 unspecified atom stereocenters. The smallest absolute Gasteiger partial charge is 0.468 e. The van der Waals surface area contributed by atoms with Crippen LogP contribution in [-0.4, -0.2) is 31.4 Å². The van der Waals surface area contributed by atoms with E-state index < -0.39 is 12.5 Å². The number of hydrogen-bond donors (Lipinski definition) is 0. The van der Waals surface area contributed by atoms with E-state index in [1.165, 1.54) is 7.11 Å². The van der Waals surface area contributed by atoms with Gasteiger partial charge in [0.15, 0.2) is 0 Å². The molecule has 4 nitrogen and oxygen atoms in total. The largest absolute Gasteiger partial charge is 0.494 e. The second kappa shape index (κ2) is 4.83. The van der Waals surface area contributed by atoms with Gasteiger partial charge in [-0.05, 0) is 51.6 Å². The summed E-state index contributed by atoms with van der Waals surface area (Å²) in [5, 5.41) is 0. The lowest BCUT2D eigenvalue weighted by Crippen LogP contribution is -2.41. The van der Waals surface area contributed by atoms with E-state index in [1.54, 1.807) is 0 Å². The molecule has 0 aromatic heterocycles. The molecule has 0 spiro atoms. The fourth-order valence-electron chi connectivity index (χ4n) is 2.89. The molecular formula is C17H23BO4. The molecule has 0 N–H and O–H groups in total. The van der Waals surface area contributed by atoms with Crippen LogP contribution in [-0.2, 0) is 24.3 Å². The number of methoxy groups -OCH3 is 1. The Morgan fingerprint density at radius 2 is 1.73 bits per heavy atom. The van der Waals surface area contributed by atoms with Gasteiger partial charge in [-0.3, -0.25) is 4.79 Å². The Balaban J connectivity index is 1.89. The molecule has 22 heavy (non-hydrogen) atoms. The van der Waals surface area contributed by atoms with Gasteiger partial charge in [0.2, 0.25) is 0 Å². The third-order valence-electron chi connectivity index (χ3n) is 5.29. The summed E-state index contributed by atoms with van der Waals surface area (Å²) >= 11 is 0. The molecule has 1 aromatic rings. The number of carbonyl (C=O) groups excluding carboxylic acids is 1. The highest BCUT2D eigenvalue weighted by atomic mass is 16.7. The molecule has 0 radical (unpaired) electrons. The van der Waals surface area contributed by atoms with Gasteiger partial charge in [0.25, 0.3) is 0 Å². The summed E-state index contributed by atoms with van der Waals surface area (Å²) in [5.41, 5.74) is 0.743. The summed E-state index contributed by atoms with van der Waals surface area (Å²) < 4.78 is 17.1. The van der Waals surface area contributed by atoms with Crippen molar-refractivity contribution in [3.05, 3.63) is 29.8 Å². The lowest BCUT2D eigenvalue weighted by molar-refractivity contribution is -0.143. The molecule has 0 atom stereocenters. The van der Waals surface area contributed by atoms with Crippen LogP contribution in [0.3, 0.4) is 0 Å². The third-order valence-corrected chi connectivity index (χ3v) is 5.29. The normalized spacial score (nSPS) is 24.1. The van der Waals surface area contributed by atoms with Crippen LogP contribution in [0.1, 0.15) is 46.1 Å². The van der Waals surface area contributed by atoms with Crippen molar-refractivity contribution in [1.29, 1.82) is 0 Å². The van der Waals surface area contributed by atoms with Crippen molar-refractivity contribution in [3.63, 3.8) is 0 Å². The van der Waals surface area contributed by atoms with Gasteiger partial charge in [-0.1, -0.05) is 24.3 Å². The van der Waals surface area contributed by atoms with Crippen LogP contribution in [0.2, 0.25) is 0 Å². The fraction of sp³-hybridized carbons (Fsp3) is 0.588. The van der Waals surface area contributed by atoms with Crippen LogP contribution in [0.4, 0.5) is 0 Å². The summed E-state index contributed by atoms with van der Waals surface area (Å²) in [4.78, 5) is 12.1. The number of carbonyl (C=O) groups is 1. The summed E-state index contributed by atoms with van der Waals surface area (Å²) in [6.45, 7) is 8.14. The second-order valence-corrected chi connectivity index (χ2v) is 7.29. The highest BCUT2D eigenvalue weighted by molar-refractivity contribution is 6.62. The highest BCUT2D eigenvalue weighted by Gasteiger charge is 2.54. The standard InChI is InChI=1S/C17H23BO4/c1-15(2)16(3,4)22-18(21-15)13-8-6-7-12(11-13)17(9-10-17)14(19)20-5/h6-8,11H,9-10H2,1-5H3. The minimum Gasteiger partial charge on any atom is -0.468 e. The van der Waals surface area contributed by atoms with Crippen LogP contribution >= 0.6 is 0 Å². The Labute approximate surface area is 132 Å². The maximum absolute atomic E-state index is 12.1. The van der Waals surface area contributed by atoms with E-state index in [0.29, 0.717) is 0 Å². The van der Waals surface area contributed by atoms with Gasteiger partial charge in [-0.15, -0.1) is 0 Å². The van der Waals surface area contributed by atoms with E-state index in [2.05, 4.69) is 0 Å². The number of esters is 1. The predicted octanol–water partition coefficient (Wildman–Crippen LogP) is 2.19. The molecule has 1 aliphatic carbocycles. The summed E-state index contributed by atoms with van der Waals surface area (Å²) in [7, 11) is 1.04. The van der Waals surface area contributed by atoms with E-state index in [4.69, 9.17) is 14.0 Å². The van der Waals surface area contributed by atoms with Crippen molar-refractivity contribution in [1.82, 2.24) is 0 Å². The van der Waals surface area contributed by atoms with Gasteiger partial charge < -0.3 is 14.0 Å². The molecule has 3 rings (SSSR count). The van der Waals surface area contributed by atoms with Gasteiger partial charge in [-0.25, -0.2) is 0 Å². The maximum atomic E-state index is 12.1. The van der Waals surface area contributed by atoms with Crippen molar-refractivity contribution in [3.8, 4) is 0 Å². The molecule has 5 heteroatoms. The van der Waals surface area contributed by atoms with Crippen LogP contribution < -0.4 is 5.46 Å². The van der Waals surface area contributed by atoms with Gasteiger partial charge in [0, 0.05) is 0 Å². The number of rotatable bonds is 3. The summed E-state index contributed by atoms with van der Waals surface area (Å²) in [6.07, 6.45) is 1.68. The minimum absolute atomic E-state index is 0.154. The lowest BCUT2D eigenvalue weighted by Gasteiger charge is -2.32. The zero-order valence-corrected chi connectivity index (χ0v) is 13.9. The molecule has 0 amide bonds. The molecule has 118 valence electrons. The average molecular weight is 302 g/mol. The zero-order chi connectivity index (χ0) is 16.2. The fourth-order valence-corrected chi connectivity index (χ4v) is 2.89. The Bertz CT molecular complexity index is 588. The average Bonchev–Trinajstić information content (AvgIpc) is 3.23. The second-order valence-electron chi connectivity index (χ2n) is 7.29. The van der Waals surface area contributed by atoms with Crippen molar-refractivity contribution < 1.29 is 18.8 Å². The van der Waals surface area contributed by atoms with E-state index in [0.717, 1.165) is 23.9 Å². The first-order valence-corrected chi connectivity index (χ1v) is 7.76. The zero-order valence-electron chi connectivity index (χ0n) is 13.9. The lowest BCUT2D eigenvalue weighted by atomic mass is 9.77. The molecule has 0 bridgehead atoms. The predicted molar refractivity (Wildman–Crippen MR) is 85.1 cm³/mol. The molecule has 1 saturated heterocycles. The van der Waals surface area contributed by atoms with Crippen LogP contribution in [0.15, 0.2) is 24.3 Å². The molecule has 1 saturated carbocycles. The quantitative estimate of drug-likeness (QED) is 0.634. The molecule has 1 heterocycles. The van der Waals surface area contributed by atoms with Gasteiger partial charge in [-0.2, -0.15) is 0 Å². The van der Waals surface area contributed by atoms with E-state index in [9.17, 15) is 4.79 Å². The number of hydrogen-bond acceptors (Lipinski definition) is 4. The van der Waals surface area contributed by atoms with Crippen LogP contribution in [0, 0.1) is 0 Å². The Hall–Kier alpha value is -1.33. The first-order chi connectivity index (χ1) is 10.2. The van der Waals surface area contributed by atoms with Crippen molar-refractivity contribution in [2.24, 2.45) is 0 Å². The minimum atomic E-state index is -0.464. The third kappa shape index (κ3) is 2.27. The topological polar surface area (TPSA) is 44.8 Å². The molecule has 2 aliphatic rings. The number of ether oxygens (including phenoxy) is 1. The van der Waals surface area contributed by atoms with Crippen LogP contribution in [0.25, 0.3) is 0 Å². The van der Waals surface area contributed by atoms with E-state index in [1.807, 2.05) is 52.0 Å². The summed E-state index contributed by atoms with van der Waals surface area (Å²) in [5.74, 6) is -0.154. The van der Waals surface area contributed by atoms with Crippen molar-refractivity contribution in [2.75, 3.05) is 7.11 Å². The molecule has 1 aromatic carbocycles.